The van der Waals surface area contributed by atoms with E-state index in [0.29, 0.717) is 6.04 Å². The minimum absolute atomic E-state index is 0.509. The highest BCUT2D eigenvalue weighted by Gasteiger charge is 2.15. The van der Waals surface area contributed by atoms with Gasteiger partial charge in [0.1, 0.15) is 0 Å². The number of aromatic nitrogens is 1. The van der Waals surface area contributed by atoms with Crippen LogP contribution < -0.4 is 10.2 Å². The van der Waals surface area contributed by atoms with Gasteiger partial charge in [-0.1, -0.05) is 0 Å². The fraction of sp³-hybridized carbons (Fsp3) is 0.700. The lowest BCUT2D eigenvalue weighted by Gasteiger charge is -2.08. The van der Waals surface area contributed by atoms with Crippen molar-refractivity contribution in [2.45, 2.75) is 19.0 Å². The molecule has 1 fully saturated rings. The topological polar surface area (TPSA) is 37.4 Å². The summed E-state index contributed by atoms with van der Waals surface area (Å²) < 4.78 is 5.30. The van der Waals surface area contributed by atoms with E-state index < -0.39 is 0 Å². The Balaban J connectivity index is 1.82. The molecule has 2 rings (SSSR count). The van der Waals surface area contributed by atoms with Crippen molar-refractivity contribution in [1.82, 2.24) is 10.3 Å². The molecule has 1 aliphatic heterocycles. The summed E-state index contributed by atoms with van der Waals surface area (Å²) >= 11 is 1.68. The first-order chi connectivity index (χ1) is 7.25. The van der Waals surface area contributed by atoms with Gasteiger partial charge >= 0.3 is 0 Å². The van der Waals surface area contributed by atoms with E-state index in [-0.39, 0.29) is 0 Å². The minimum atomic E-state index is 0.509. The number of rotatable bonds is 4. The highest BCUT2D eigenvalue weighted by atomic mass is 32.1. The lowest BCUT2D eigenvalue weighted by molar-refractivity contribution is 0.189. The van der Waals surface area contributed by atoms with Crippen LogP contribution >= 0.6 is 11.3 Å². The first kappa shape index (κ1) is 10.9. The first-order valence-corrected chi connectivity index (χ1v) is 6.06. The van der Waals surface area contributed by atoms with Gasteiger partial charge in [0.2, 0.25) is 0 Å². The Morgan fingerprint density at radius 3 is 3.13 bits per heavy atom. The Hall–Kier alpha value is -0.650. The summed E-state index contributed by atoms with van der Waals surface area (Å²) in [6.45, 7) is 2.57. The Bertz CT molecular complexity index is 307. The van der Waals surface area contributed by atoms with Crippen LogP contribution in [0.25, 0.3) is 0 Å². The lowest BCUT2D eigenvalue weighted by Crippen LogP contribution is -2.28. The highest BCUT2D eigenvalue weighted by molar-refractivity contribution is 7.13. The third-order valence-electron chi connectivity index (χ3n) is 2.42. The molecule has 1 aliphatic rings. The number of thiazole rings is 1. The van der Waals surface area contributed by atoms with Crippen molar-refractivity contribution in [3.05, 3.63) is 11.1 Å². The number of anilines is 1. The Morgan fingerprint density at radius 2 is 2.53 bits per heavy atom. The van der Waals surface area contributed by atoms with Crippen LogP contribution in [0, 0.1) is 0 Å². The zero-order valence-electron chi connectivity index (χ0n) is 9.19. The maximum Gasteiger partial charge on any atom is 0.185 e. The summed E-state index contributed by atoms with van der Waals surface area (Å²) in [7, 11) is 4.03. The van der Waals surface area contributed by atoms with Crippen LogP contribution in [0.1, 0.15) is 12.1 Å². The van der Waals surface area contributed by atoms with E-state index in [2.05, 4.69) is 15.7 Å². The summed E-state index contributed by atoms with van der Waals surface area (Å²) in [4.78, 5) is 6.55. The SMILES string of the molecule is CN(C)c1nc(CNC2CCOC2)cs1. The molecule has 1 atom stereocenters. The van der Waals surface area contributed by atoms with Crippen molar-refractivity contribution in [3.8, 4) is 0 Å². The fourth-order valence-electron chi connectivity index (χ4n) is 1.53. The molecule has 0 spiro atoms. The molecule has 1 aromatic heterocycles. The van der Waals surface area contributed by atoms with Crippen LogP contribution in [0.2, 0.25) is 0 Å². The van der Waals surface area contributed by atoms with E-state index in [0.717, 1.165) is 37.0 Å². The van der Waals surface area contributed by atoms with Gasteiger partial charge in [-0.2, -0.15) is 0 Å². The smallest absolute Gasteiger partial charge is 0.185 e. The maximum absolute atomic E-state index is 5.30. The third kappa shape index (κ3) is 2.90. The number of ether oxygens (including phenoxy) is 1. The largest absolute Gasteiger partial charge is 0.380 e. The zero-order valence-corrected chi connectivity index (χ0v) is 10.0. The van der Waals surface area contributed by atoms with E-state index in [1.165, 1.54) is 0 Å². The number of nitrogens with one attached hydrogen (secondary N) is 1. The summed E-state index contributed by atoms with van der Waals surface area (Å²) in [5, 5.41) is 6.62. The molecule has 0 aromatic carbocycles. The maximum atomic E-state index is 5.30. The molecule has 0 radical (unpaired) electrons. The van der Waals surface area contributed by atoms with Gasteiger partial charge in [-0.05, 0) is 6.42 Å². The van der Waals surface area contributed by atoms with Gasteiger partial charge < -0.3 is 15.0 Å². The van der Waals surface area contributed by atoms with E-state index in [1.807, 2.05) is 19.0 Å². The molecule has 15 heavy (non-hydrogen) atoms. The summed E-state index contributed by atoms with van der Waals surface area (Å²) in [5.41, 5.74) is 1.12. The molecule has 84 valence electrons. The van der Waals surface area contributed by atoms with E-state index in [4.69, 9.17) is 4.74 Å². The summed E-state index contributed by atoms with van der Waals surface area (Å²) in [5.74, 6) is 0. The van der Waals surface area contributed by atoms with E-state index in [9.17, 15) is 0 Å². The van der Waals surface area contributed by atoms with Crippen molar-refractivity contribution in [3.63, 3.8) is 0 Å². The normalized spacial score (nSPS) is 20.8. The lowest BCUT2D eigenvalue weighted by atomic mass is 10.2. The Labute approximate surface area is 94.3 Å². The van der Waals surface area contributed by atoms with Gasteiger partial charge in [0.05, 0.1) is 12.3 Å². The van der Waals surface area contributed by atoms with Gasteiger partial charge in [-0.3, -0.25) is 0 Å². The highest BCUT2D eigenvalue weighted by Crippen LogP contribution is 2.18. The molecule has 1 saturated heterocycles. The minimum Gasteiger partial charge on any atom is -0.380 e. The van der Waals surface area contributed by atoms with Gasteiger partial charge in [-0.25, -0.2) is 4.98 Å². The van der Waals surface area contributed by atoms with Crippen molar-refractivity contribution in [1.29, 1.82) is 0 Å². The molecular weight excluding hydrogens is 210 g/mol. The zero-order chi connectivity index (χ0) is 10.7. The van der Waals surface area contributed by atoms with Gasteiger partial charge in [0.15, 0.2) is 5.13 Å². The van der Waals surface area contributed by atoms with Gasteiger partial charge in [0, 0.05) is 38.7 Å². The van der Waals surface area contributed by atoms with Gasteiger partial charge in [-0.15, -0.1) is 11.3 Å². The molecular formula is C10H17N3OS. The van der Waals surface area contributed by atoms with Crippen LogP contribution in [0.3, 0.4) is 0 Å². The molecule has 4 nitrogen and oxygen atoms in total. The first-order valence-electron chi connectivity index (χ1n) is 5.18. The standard InChI is InChI=1S/C10H17N3OS/c1-13(2)10-12-9(7-15-10)5-11-8-3-4-14-6-8/h7-8,11H,3-6H2,1-2H3. The quantitative estimate of drug-likeness (QED) is 0.835. The van der Waals surface area contributed by atoms with Gasteiger partial charge in [0.25, 0.3) is 0 Å². The van der Waals surface area contributed by atoms with Crippen molar-refractivity contribution < 1.29 is 4.74 Å². The van der Waals surface area contributed by atoms with Crippen LogP contribution in [-0.4, -0.2) is 38.3 Å². The van der Waals surface area contributed by atoms with Crippen LogP contribution in [0.5, 0.6) is 0 Å². The van der Waals surface area contributed by atoms with Crippen molar-refractivity contribution in [2.75, 3.05) is 32.2 Å². The number of hydrogen-bond acceptors (Lipinski definition) is 5. The average molecular weight is 227 g/mol. The van der Waals surface area contributed by atoms with Crippen LogP contribution in [0.15, 0.2) is 5.38 Å². The third-order valence-corrected chi connectivity index (χ3v) is 3.48. The summed E-state index contributed by atoms with van der Waals surface area (Å²) in [6, 6.07) is 0.509. The van der Waals surface area contributed by atoms with E-state index >= 15 is 0 Å². The number of hydrogen-bond donors (Lipinski definition) is 1. The Kier molecular flexibility index (Phi) is 3.56. The second-order valence-corrected chi connectivity index (χ2v) is 4.79. The van der Waals surface area contributed by atoms with Crippen LogP contribution in [-0.2, 0) is 11.3 Å². The van der Waals surface area contributed by atoms with Crippen molar-refractivity contribution >= 4 is 16.5 Å². The molecule has 0 amide bonds. The molecule has 5 heteroatoms. The average Bonchev–Trinajstić information content (AvgIpc) is 2.86. The predicted octanol–water partition coefficient (Wildman–Crippen LogP) is 1.09. The molecule has 2 heterocycles. The molecule has 1 N–H and O–H groups in total. The molecule has 1 aromatic rings. The Morgan fingerprint density at radius 1 is 1.67 bits per heavy atom. The fourth-order valence-corrected chi connectivity index (χ4v) is 2.29. The van der Waals surface area contributed by atoms with Crippen molar-refractivity contribution in [2.24, 2.45) is 0 Å². The second-order valence-electron chi connectivity index (χ2n) is 3.96. The second kappa shape index (κ2) is 4.92. The molecule has 0 saturated carbocycles. The van der Waals surface area contributed by atoms with E-state index in [1.54, 1.807) is 11.3 Å². The van der Waals surface area contributed by atoms with Crippen LogP contribution in [0.4, 0.5) is 5.13 Å². The number of nitrogens with zero attached hydrogens (tertiary/aromatic N) is 2. The molecule has 1 unspecified atom stereocenters. The monoisotopic (exact) mass is 227 g/mol. The molecule has 0 bridgehead atoms. The molecule has 0 aliphatic carbocycles. The summed E-state index contributed by atoms with van der Waals surface area (Å²) in [6.07, 6.45) is 1.12. The predicted molar refractivity (Wildman–Crippen MR) is 62.5 cm³/mol.